The summed E-state index contributed by atoms with van der Waals surface area (Å²) < 4.78 is 5.46. The molecule has 0 unspecified atom stereocenters. The molecular formula is C24H25N5O2. The molecule has 7 heteroatoms. The van der Waals surface area contributed by atoms with Crippen LogP contribution in [0.5, 0.6) is 0 Å². The fourth-order valence-electron chi connectivity index (χ4n) is 4.31. The van der Waals surface area contributed by atoms with Gasteiger partial charge < -0.3 is 14.4 Å². The molecule has 0 saturated carbocycles. The van der Waals surface area contributed by atoms with Crippen molar-refractivity contribution in [2.75, 3.05) is 13.1 Å². The first kappa shape index (κ1) is 19.5. The Morgan fingerprint density at radius 3 is 2.74 bits per heavy atom. The maximum atomic E-state index is 13.4. The number of pyridine rings is 1. The van der Waals surface area contributed by atoms with Crippen molar-refractivity contribution >= 4 is 16.9 Å². The van der Waals surface area contributed by atoms with Crippen LogP contribution in [0.15, 0.2) is 53.3 Å². The van der Waals surface area contributed by atoms with Gasteiger partial charge in [-0.1, -0.05) is 31.1 Å². The number of benzene rings is 1. The predicted molar refractivity (Wildman–Crippen MR) is 118 cm³/mol. The lowest BCUT2D eigenvalue weighted by atomic mass is 9.89. The van der Waals surface area contributed by atoms with Crippen LogP contribution in [0.2, 0.25) is 0 Å². The number of amides is 1. The summed E-state index contributed by atoms with van der Waals surface area (Å²) in [5.74, 6) is 1.64. The summed E-state index contributed by atoms with van der Waals surface area (Å²) in [6, 6.07) is 11.6. The van der Waals surface area contributed by atoms with E-state index in [4.69, 9.17) is 4.52 Å². The van der Waals surface area contributed by atoms with E-state index in [-0.39, 0.29) is 11.8 Å². The summed E-state index contributed by atoms with van der Waals surface area (Å²) in [5, 5.41) is 5.23. The minimum atomic E-state index is 0.0129. The number of nitrogens with zero attached hydrogens (tertiary/aromatic N) is 4. The fourth-order valence-corrected chi connectivity index (χ4v) is 4.31. The normalized spacial score (nSPS) is 15.1. The van der Waals surface area contributed by atoms with Gasteiger partial charge in [-0.2, -0.15) is 4.98 Å². The molecule has 0 spiro atoms. The van der Waals surface area contributed by atoms with Crippen LogP contribution in [0.1, 0.15) is 60.3 Å². The molecule has 1 aliphatic rings. The number of piperidine rings is 1. The number of likely N-dealkylation sites (tertiary alicyclic amines) is 1. The monoisotopic (exact) mass is 415 g/mol. The molecule has 1 saturated heterocycles. The Hall–Kier alpha value is -3.48. The van der Waals surface area contributed by atoms with Crippen molar-refractivity contribution in [3.8, 4) is 11.5 Å². The van der Waals surface area contributed by atoms with Crippen LogP contribution in [-0.4, -0.2) is 44.0 Å². The van der Waals surface area contributed by atoms with E-state index in [0.717, 1.165) is 18.5 Å². The first-order valence-corrected chi connectivity index (χ1v) is 10.8. The number of carbonyl (C=O) groups excluding carboxylic acids is 1. The Labute approximate surface area is 180 Å². The van der Waals surface area contributed by atoms with E-state index in [1.165, 1.54) is 10.9 Å². The van der Waals surface area contributed by atoms with Gasteiger partial charge in [0, 0.05) is 36.8 Å². The van der Waals surface area contributed by atoms with Gasteiger partial charge in [0.1, 0.15) is 5.65 Å². The highest BCUT2D eigenvalue weighted by Crippen LogP contribution is 2.33. The summed E-state index contributed by atoms with van der Waals surface area (Å²) in [6.07, 6.45) is 5.72. The largest absolute Gasteiger partial charge is 0.346 e. The lowest BCUT2D eigenvalue weighted by molar-refractivity contribution is 0.0714. The highest BCUT2D eigenvalue weighted by atomic mass is 16.5. The second-order valence-electron chi connectivity index (χ2n) is 8.37. The molecule has 5 rings (SSSR count). The second-order valence-corrected chi connectivity index (χ2v) is 8.37. The number of carbonyl (C=O) groups is 1. The molecule has 1 fully saturated rings. The molecule has 0 radical (unpaired) electrons. The maximum absolute atomic E-state index is 13.4. The molecule has 0 aliphatic carbocycles. The van der Waals surface area contributed by atoms with Gasteiger partial charge in [0.25, 0.3) is 11.8 Å². The SMILES string of the molecule is CC(C)c1noc(-c2ccccc2C(=O)N2CCC(c3c[nH]c4ncccc34)CC2)n1. The van der Waals surface area contributed by atoms with Crippen LogP contribution in [-0.2, 0) is 0 Å². The highest BCUT2D eigenvalue weighted by molar-refractivity contribution is 6.00. The standard InChI is InChI=1S/C24H25N5O2/c1-15(2)21-27-23(31-28-21)18-6-3-4-7-19(18)24(30)29-12-9-16(10-13-29)20-14-26-22-17(20)8-5-11-25-22/h3-8,11,14-16H,9-10,12-13H2,1-2H3,(H,25,26). The van der Waals surface area contributed by atoms with E-state index in [2.05, 4.69) is 32.4 Å². The van der Waals surface area contributed by atoms with Crippen LogP contribution in [0, 0.1) is 0 Å². The Morgan fingerprint density at radius 1 is 1.16 bits per heavy atom. The highest BCUT2D eigenvalue weighted by Gasteiger charge is 2.28. The van der Waals surface area contributed by atoms with Crippen LogP contribution >= 0.6 is 0 Å². The molecule has 1 aromatic carbocycles. The van der Waals surface area contributed by atoms with Crippen molar-refractivity contribution < 1.29 is 9.32 Å². The Kier molecular flexibility index (Phi) is 5.02. The number of aromatic amines is 1. The van der Waals surface area contributed by atoms with Gasteiger partial charge in [0.05, 0.1) is 11.1 Å². The Bertz CT molecular complexity index is 1220. The molecule has 4 aromatic rings. The van der Waals surface area contributed by atoms with Crippen LogP contribution in [0.4, 0.5) is 0 Å². The molecule has 31 heavy (non-hydrogen) atoms. The third-order valence-corrected chi connectivity index (χ3v) is 6.05. The summed E-state index contributed by atoms with van der Waals surface area (Å²) in [7, 11) is 0. The van der Waals surface area contributed by atoms with Crippen molar-refractivity contribution in [2.45, 2.75) is 38.5 Å². The first-order chi connectivity index (χ1) is 15.1. The third-order valence-electron chi connectivity index (χ3n) is 6.05. The number of rotatable bonds is 4. The van der Waals surface area contributed by atoms with Crippen molar-refractivity contribution in [3.63, 3.8) is 0 Å². The zero-order valence-corrected chi connectivity index (χ0v) is 17.7. The van der Waals surface area contributed by atoms with Crippen molar-refractivity contribution in [1.82, 2.24) is 25.0 Å². The lowest BCUT2D eigenvalue weighted by Gasteiger charge is -2.32. The Morgan fingerprint density at radius 2 is 1.97 bits per heavy atom. The molecule has 1 aliphatic heterocycles. The fraction of sp³-hybridized carbons (Fsp3) is 0.333. The van der Waals surface area contributed by atoms with E-state index in [9.17, 15) is 4.79 Å². The minimum absolute atomic E-state index is 0.0129. The van der Waals surface area contributed by atoms with Gasteiger partial charge in [0.2, 0.25) is 0 Å². The van der Waals surface area contributed by atoms with Crippen molar-refractivity contribution in [2.24, 2.45) is 0 Å². The molecule has 158 valence electrons. The van der Waals surface area contributed by atoms with Crippen molar-refractivity contribution in [3.05, 3.63) is 65.7 Å². The zero-order chi connectivity index (χ0) is 21.4. The summed E-state index contributed by atoms with van der Waals surface area (Å²) in [5.41, 5.74) is 3.51. The lowest BCUT2D eigenvalue weighted by Crippen LogP contribution is -2.38. The van der Waals surface area contributed by atoms with E-state index in [1.807, 2.05) is 49.1 Å². The minimum Gasteiger partial charge on any atom is -0.346 e. The van der Waals surface area contributed by atoms with E-state index < -0.39 is 0 Å². The molecule has 1 N–H and O–H groups in total. The Balaban J connectivity index is 1.34. The summed E-state index contributed by atoms with van der Waals surface area (Å²) in [4.78, 5) is 27.4. The summed E-state index contributed by atoms with van der Waals surface area (Å²) >= 11 is 0. The van der Waals surface area contributed by atoms with Crippen molar-refractivity contribution in [1.29, 1.82) is 0 Å². The topological polar surface area (TPSA) is 87.9 Å². The maximum Gasteiger partial charge on any atom is 0.258 e. The number of aromatic nitrogens is 4. The quantitative estimate of drug-likeness (QED) is 0.519. The number of fused-ring (bicyclic) bond motifs is 1. The molecule has 4 heterocycles. The van der Waals surface area contributed by atoms with Gasteiger partial charge in [-0.05, 0) is 48.6 Å². The number of hydrogen-bond donors (Lipinski definition) is 1. The van der Waals surface area contributed by atoms with Gasteiger partial charge in [-0.3, -0.25) is 4.79 Å². The molecule has 7 nitrogen and oxygen atoms in total. The molecule has 0 bridgehead atoms. The predicted octanol–water partition coefficient (Wildman–Crippen LogP) is 4.76. The van der Waals surface area contributed by atoms with Gasteiger partial charge >= 0.3 is 0 Å². The molecule has 0 atom stereocenters. The van der Waals surface area contributed by atoms with E-state index in [0.29, 0.717) is 41.8 Å². The van der Waals surface area contributed by atoms with E-state index >= 15 is 0 Å². The second kappa shape index (κ2) is 7.98. The summed E-state index contributed by atoms with van der Waals surface area (Å²) in [6.45, 7) is 5.46. The third kappa shape index (κ3) is 3.60. The number of H-pyrrole nitrogens is 1. The zero-order valence-electron chi connectivity index (χ0n) is 17.7. The van der Waals surface area contributed by atoms with Crippen LogP contribution < -0.4 is 0 Å². The van der Waals surface area contributed by atoms with Gasteiger partial charge in [0.15, 0.2) is 5.82 Å². The van der Waals surface area contributed by atoms with Crippen LogP contribution in [0.25, 0.3) is 22.5 Å². The average Bonchev–Trinajstić information content (AvgIpc) is 3.47. The molecular weight excluding hydrogens is 390 g/mol. The van der Waals surface area contributed by atoms with Gasteiger partial charge in [-0.25, -0.2) is 4.98 Å². The van der Waals surface area contributed by atoms with Gasteiger partial charge in [-0.15, -0.1) is 0 Å². The average molecular weight is 415 g/mol. The molecule has 3 aromatic heterocycles. The first-order valence-electron chi connectivity index (χ1n) is 10.8. The van der Waals surface area contributed by atoms with Crippen LogP contribution in [0.3, 0.4) is 0 Å². The molecule has 1 amide bonds. The van der Waals surface area contributed by atoms with E-state index in [1.54, 1.807) is 6.20 Å². The number of hydrogen-bond acceptors (Lipinski definition) is 5. The number of nitrogens with one attached hydrogen (secondary N) is 1. The smallest absolute Gasteiger partial charge is 0.258 e.